The zero-order valence-corrected chi connectivity index (χ0v) is 16.8. The fourth-order valence-corrected chi connectivity index (χ4v) is 3.53. The van der Waals surface area contributed by atoms with E-state index in [1.165, 1.54) is 11.3 Å². The van der Waals surface area contributed by atoms with E-state index in [0.717, 1.165) is 17.7 Å². The number of nitrogens with zero attached hydrogens (tertiary/aromatic N) is 2. The Bertz CT molecular complexity index is 972. The van der Waals surface area contributed by atoms with Gasteiger partial charge in [0.1, 0.15) is 9.88 Å². The lowest BCUT2D eigenvalue weighted by Gasteiger charge is -2.08. The van der Waals surface area contributed by atoms with Crippen LogP contribution in [0, 0.1) is 0 Å². The number of nitrogens with two attached hydrogens (primary N) is 1. The van der Waals surface area contributed by atoms with E-state index in [2.05, 4.69) is 25.9 Å². The van der Waals surface area contributed by atoms with Gasteiger partial charge in [-0.1, -0.05) is 13.0 Å². The zero-order chi connectivity index (χ0) is 20.6. The molecule has 0 aliphatic rings. The molecule has 3 aromatic rings. The molecule has 2 aromatic heterocycles. The zero-order valence-electron chi connectivity index (χ0n) is 15.9. The van der Waals surface area contributed by atoms with Crippen LogP contribution < -0.4 is 21.7 Å². The predicted molar refractivity (Wildman–Crippen MR) is 114 cm³/mol. The maximum Gasteiger partial charge on any atom is 0.319 e. The molecule has 0 aliphatic carbocycles. The molecule has 9 heteroatoms. The average Bonchev–Trinajstić information content (AvgIpc) is 3.16. The van der Waals surface area contributed by atoms with Crippen LogP contribution in [0.3, 0.4) is 0 Å². The molecule has 0 saturated heterocycles. The normalized spacial score (nSPS) is 10.5. The van der Waals surface area contributed by atoms with Crippen molar-refractivity contribution in [3.8, 4) is 10.6 Å². The molecule has 5 N–H and O–H groups in total. The molecule has 0 atom stereocenters. The highest BCUT2D eigenvalue weighted by atomic mass is 32.1. The van der Waals surface area contributed by atoms with Crippen molar-refractivity contribution >= 4 is 29.0 Å². The summed E-state index contributed by atoms with van der Waals surface area (Å²) in [6, 6.07) is 10.7. The topological polar surface area (TPSA) is 122 Å². The van der Waals surface area contributed by atoms with Crippen LogP contribution in [0.15, 0.2) is 48.8 Å². The van der Waals surface area contributed by atoms with Gasteiger partial charge in [-0.05, 0) is 42.4 Å². The van der Waals surface area contributed by atoms with E-state index in [1.54, 1.807) is 24.5 Å². The molecule has 0 radical (unpaired) electrons. The van der Waals surface area contributed by atoms with E-state index in [4.69, 9.17) is 5.73 Å². The van der Waals surface area contributed by atoms with Crippen LogP contribution in [0.5, 0.6) is 0 Å². The number of carbonyl (C=O) groups is 2. The Morgan fingerprint density at radius 3 is 2.59 bits per heavy atom. The SMILES string of the molecule is CCNCc1nc(-c2ccc(NC(=O)NCc3cccnc3)cc2)sc1C(N)=O. The summed E-state index contributed by atoms with van der Waals surface area (Å²) in [6.07, 6.45) is 3.39. The molecule has 0 saturated carbocycles. The standard InChI is InChI=1S/C20H22N6O2S/c1-2-22-12-16-17(18(21)27)29-19(26-16)14-5-7-15(8-6-14)25-20(28)24-11-13-4-3-9-23-10-13/h3-10,22H,2,11-12H2,1H3,(H2,21,27)(H2,24,25,28). The summed E-state index contributed by atoms with van der Waals surface area (Å²) >= 11 is 1.27. The number of hydrogen-bond acceptors (Lipinski definition) is 6. The minimum Gasteiger partial charge on any atom is -0.365 e. The molecule has 0 bridgehead atoms. The van der Waals surface area contributed by atoms with E-state index < -0.39 is 5.91 Å². The molecule has 8 nitrogen and oxygen atoms in total. The van der Waals surface area contributed by atoms with Gasteiger partial charge >= 0.3 is 6.03 Å². The number of hydrogen-bond donors (Lipinski definition) is 4. The number of urea groups is 1. The predicted octanol–water partition coefficient (Wildman–Crippen LogP) is 2.74. The van der Waals surface area contributed by atoms with E-state index in [9.17, 15) is 9.59 Å². The number of pyridine rings is 1. The van der Waals surface area contributed by atoms with Gasteiger partial charge in [-0.3, -0.25) is 9.78 Å². The number of benzene rings is 1. The maximum atomic E-state index is 12.1. The van der Waals surface area contributed by atoms with Crippen LogP contribution in [0.25, 0.3) is 10.6 Å². The smallest absolute Gasteiger partial charge is 0.319 e. The summed E-state index contributed by atoms with van der Waals surface area (Å²) in [4.78, 5) is 32.7. The van der Waals surface area contributed by atoms with E-state index >= 15 is 0 Å². The molecule has 3 amide bonds. The molecular formula is C20H22N6O2S. The number of carbonyl (C=O) groups excluding carboxylic acids is 2. The lowest BCUT2D eigenvalue weighted by atomic mass is 10.2. The van der Waals surface area contributed by atoms with Crippen molar-refractivity contribution < 1.29 is 9.59 Å². The monoisotopic (exact) mass is 410 g/mol. The van der Waals surface area contributed by atoms with E-state index in [1.807, 2.05) is 31.2 Å². The Kier molecular flexibility index (Phi) is 6.88. The number of nitrogens with one attached hydrogen (secondary N) is 3. The molecule has 0 fully saturated rings. The minimum atomic E-state index is -0.481. The van der Waals surface area contributed by atoms with Gasteiger partial charge in [0.15, 0.2) is 0 Å². The van der Waals surface area contributed by atoms with E-state index in [-0.39, 0.29) is 6.03 Å². The highest BCUT2D eigenvalue weighted by Gasteiger charge is 2.16. The Morgan fingerprint density at radius 2 is 1.93 bits per heavy atom. The second-order valence-electron chi connectivity index (χ2n) is 6.19. The highest BCUT2D eigenvalue weighted by Crippen LogP contribution is 2.29. The number of primary amides is 1. The second kappa shape index (κ2) is 9.76. The van der Waals surface area contributed by atoms with Gasteiger partial charge in [-0.25, -0.2) is 9.78 Å². The summed E-state index contributed by atoms with van der Waals surface area (Å²) in [5.41, 5.74) is 8.54. The lowest BCUT2D eigenvalue weighted by Crippen LogP contribution is -2.28. The molecule has 29 heavy (non-hydrogen) atoms. The van der Waals surface area contributed by atoms with Crippen LogP contribution in [-0.2, 0) is 13.1 Å². The molecule has 0 aliphatic heterocycles. The van der Waals surface area contributed by atoms with Crippen LogP contribution in [-0.4, -0.2) is 28.5 Å². The molecule has 3 rings (SSSR count). The summed E-state index contributed by atoms with van der Waals surface area (Å²) in [6.45, 7) is 3.63. The van der Waals surface area contributed by atoms with Gasteiger partial charge < -0.3 is 21.7 Å². The minimum absolute atomic E-state index is 0.306. The summed E-state index contributed by atoms with van der Waals surface area (Å²) in [5.74, 6) is -0.481. The number of thiazole rings is 1. The average molecular weight is 411 g/mol. The van der Waals surface area contributed by atoms with Crippen LogP contribution in [0.1, 0.15) is 27.9 Å². The highest BCUT2D eigenvalue weighted by molar-refractivity contribution is 7.17. The van der Waals surface area contributed by atoms with Crippen LogP contribution in [0.2, 0.25) is 0 Å². The largest absolute Gasteiger partial charge is 0.365 e. The Balaban J connectivity index is 1.63. The van der Waals surface area contributed by atoms with Gasteiger partial charge in [0.25, 0.3) is 5.91 Å². The third-order valence-electron chi connectivity index (χ3n) is 4.03. The first kappa shape index (κ1) is 20.4. The fourth-order valence-electron chi connectivity index (χ4n) is 2.59. The number of rotatable bonds is 8. The van der Waals surface area contributed by atoms with Crippen molar-refractivity contribution in [1.82, 2.24) is 20.6 Å². The fraction of sp³-hybridized carbons (Fsp3) is 0.200. The van der Waals surface area contributed by atoms with Gasteiger partial charge in [0.2, 0.25) is 0 Å². The third kappa shape index (κ3) is 5.59. The first-order valence-corrected chi connectivity index (χ1v) is 9.93. The first-order chi connectivity index (χ1) is 14.1. The van der Waals surface area contributed by atoms with E-state index in [0.29, 0.717) is 34.4 Å². The Hall–Kier alpha value is -3.30. The molecule has 0 unspecified atom stereocenters. The molecule has 1 aromatic carbocycles. The molecular weight excluding hydrogens is 388 g/mol. The first-order valence-electron chi connectivity index (χ1n) is 9.11. The van der Waals surface area contributed by atoms with Gasteiger partial charge in [0.05, 0.1) is 5.69 Å². The second-order valence-corrected chi connectivity index (χ2v) is 7.18. The lowest BCUT2D eigenvalue weighted by molar-refractivity contribution is 0.100. The number of amides is 3. The van der Waals surface area contributed by atoms with Crippen molar-refractivity contribution in [1.29, 1.82) is 0 Å². The summed E-state index contributed by atoms with van der Waals surface area (Å²) in [5, 5.41) is 9.42. The summed E-state index contributed by atoms with van der Waals surface area (Å²) in [7, 11) is 0. The molecule has 0 spiro atoms. The van der Waals surface area contributed by atoms with Crippen molar-refractivity contribution in [2.45, 2.75) is 20.0 Å². The van der Waals surface area contributed by atoms with Crippen LogP contribution >= 0.6 is 11.3 Å². The molecule has 2 heterocycles. The van der Waals surface area contributed by atoms with Gasteiger partial charge in [-0.15, -0.1) is 11.3 Å². The summed E-state index contributed by atoms with van der Waals surface area (Å²) < 4.78 is 0. The van der Waals surface area contributed by atoms with Gasteiger partial charge in [-0.2, -0.15) is 0 Å². The van der Waals surface area contributed by atoms with Crippen molar-refractivity contribution in [2.24, 2.45) is 5.73 Å². The van der Waals surface area contributed by atoms with Gasteiger partial charge in [0, 0.05) is 36.7 Å². The third-order valence-corrected chi connectivity index (χ3v) is 5.19. The van der Waals surface area contributed by atoms with Crippen molar-refractivity contribution in [3.05, 3.63) is 64.9 Å². The van der Waals surface area contributed by atoms with Crippen LogP contribution in [0.4, 0.5) is 10.5 Å². The quantitative estimate of drug-likeness (QED) is 0.455. The molecule has 150 valence electrons. The number of anilines is 1. The van der Waals surface area contributed by atoms with Crippen molar-refractivity contribution in [2.75, 3.05) is 11.9 Å². The number of aromatic nitrogens is 2. The Labute approximate surface area is 172 Å². The van der Waals surface area contributed by atoms with Crippen molar-refractivity contribution in [3.63, 3.8) is 0 Å². The Morgan fingerprint density at radius 1 is 1.14 bits per heavy atom. The maximum absolute atomic E-state index is 12.1.